The lowest BCUT2D eigenvalue weighted by Gasteiger charge is -2.19. The Balaban J connectivity index is 2.05. The fraction of sp³-hybridized carbons (Fsp3) is 0.294. The minimum Gasteiger partial charge on any atom is -0.618 e. The molecule has 2 rings (SSSR count). The molecule has 5 nitrogen and oxygen atoms in total. The van der Waals surface area contributed by atoms with Gasteiger partial charge in [-0.05, 0) is 25.0 Å². The summed E-state index contributed by atoms with van der Waals surface area (Å²) in [6, 6.07) is 14.4. The summed E-state index contributed by atoms with van der Waals surface area (Å²) in [7, 11) is 0. The van der Waals surface area contributed by atoms with Crippen molar-refractivity contribution in [3.05, 3.63) is 71.2 Å². The highest BCUT2D eigenvalue weighted by Crippen LogP contribution is 2.20. The largest absolute Gasteiger partial charge is 0.618 e. The lowest BCUT2D eigenvalue weighted by Crippen LogP contribution is -2.40. The predicted octanol–water partition coefficient (Wildman–Crippen LogP) is 1.60. The van der Waals surface area contributed by atoms with Crippen LogP contribution in [-0.4, -0.2) is 23.7 Å². The highest BCUT2D eigenvalue weighted by Gasteiger charge is 2.19. The molecule has 0 bridgehead atoms. The summed E-state index contributed by atoms with van der Waals surface area (Å²) in [5.41, 5.74) is 1.11. The summed E-state index contributed by atoms with van der Waals surface area (Å²) in [6.45, 7) is 2.09. The maximum Gasteiger partial charge on any atom is 0.317 e. The van der Waals surface area contributed by atoms with Crippen molar-refractivity contribution < 1.29 is 14.6 Å². The van der Waals surface area contributed by atoms with Crippen LogP contribution in [0, 0.1) is 5.21 Å². The van der Waals surface area contributed by atoms with E-state index in [2.05, 4.69) is 5.32 Å². The van der Waals surface area contributed by atoms with Crippen LogP contribution < -0.4 is 10.0 Å². The maximum absolute atomic E-state index is 12.1. The van der Waals surface area contributed by atoms with Crippen LogP contribution in [0.15, 0.2) is 54.7 Å². The Labute approximate surface area is 129 Å². The quantitative estimate of drug-likeness (QED) is 0.628. The van der Waals surface area contributed by atoms with Gasteiger partial charge in [-0.15, -0.1) is 0 Å². The molecule has 0 spiro atoms. The molecule has 0 aliphatic rings. The van der Waals surface area contributed by atoms with E-state index in [-0.39, 0.29) is 11.6 Å². The number of carbonyl (C=O) groups is 1. The minimum atomic E-state index is -0.469. The lowest BCUT2D eigenvalue weighted by atomic mass is 9.93. The van der Waals surface area contributed by atoms with Gasteiger partial charge in [0.1, 0.15) is 0 Å². The van der Waals surface area contributed by atoms with Gasteiger partial charge in [-0.3, -0.25) is 4.79 Å². The molecule has 0 radical (unpaired) electrons. The van der Waals surface area contributed by atoms with Crippen LogP contribution in [0.2, 0.25) is 0 Å². The number of aliphatic hydroxyl groups excluding tert-OH is 1. The van der Waals surface area contributed by atoms with Crippen LogP contribution in [0.5, 0.6) is 0 Å². The van der Waals surface area contributed by atoms with E-state index in [4.69, 9.17) is 0 Å². The van der Waals surface area contributed by atoms with Gasteiger partial charge < -0.3 is 15.6 Å². The Morgan fingerprint density at radius 3 is 2.55 bits per heavy atom. The lowest BCUT2D eigenvalue weighted by molar-refractivity contribution is -0.607. The van der Waals surface area contributed by atoms with Gasteiger partial charge in [-0.25, -0.2) is 0 Å². The highest BCUT2D eigenvalue weighted by molar-refractivity contribution is 5.90. The molecule has 2 unspecified atom stereocenters. The molecule has 0 fully saturated rings. The highest BCUT2D eigenvalue weighted by atomic mass is 16.5. The van der Waals surface area contributed by atoms with Crippen molar-refractivity contribution in [2.45, 2.75) is 25.4 Å². The van der Waals surface area contributed by atoms with Crippen LogP contribution in [0.3, 0.4) is 0 Å². The first-order valence-electron chi connectivity index (χ1n) is 7.27. The number of carbonyl (C=O) groups excluding carboxylic acids is 1. The monoisotopic (exact) mass is 300 g/mol. The number of hydrogen-bond donors (Lipinski definition) is 2. The number of aliphatic hydroxyl groups is 1. The van der Waals surface area contributed by atoms with Crippen LogP contribution in [0.4, 0.5) is 0 Å². The molecule has 1 amide bonds. The fourth-order valence-corrected chi connectivity index (χ4v) is 2.38. The first-order chi connectivity index (χ1) is 10.6. The van der Waals surface area contributed by atoms with Crippen molar-refractivity contribution in [1.82, 2.24) is 5.32 Å². The van der Waals surface area contributed by atoms with Gasteiger partial charge in [-0.2, -0.15) is 4.73 Å². The van der Waals surface area contributed by atoms with Gasteiger partial charge in [0, 0.05) is 24.6 Å². The molecular weight excluding hydrogens is 280 g/mol. The second-order valence-corrected chi connectivity index (χ2v) is 5.31. The number of pyridine rings is 1. The molecular formula is C17H20N2O3. The molecule has 1 aromatic heterocycles. The van der Waals surface area contributed by atoms with Gasteiger partial charge in [0.05, 0.1) is 6.10 Å². The third-order valence-electron chi connectivity index (χ3n) is 3.46. The second-order valence-electron chi connectivity index (χ2n) is 5.31. The Hall–Kier alpha value is -2.40. The summed E-state index contributed by atoms with van der Waals surface area (Å²) in [5, 5.41) is 24.0. The molecule has 0 saturated heterocycles. The van der Waals surface area contributed by atoms with Gasteiger partial charge in [-0.1, -0.05) is 30.3 Å². The van der Waals surface area contributed by atoms with E-state index < -0.39 is 12.0 Å². The first kappa shape index (κ1) is 16.0. The van der Waals surface area contributed by atoms with E-state index in [0.717, 1.165) is 5.56 Å². The third kappa shape index (κ3) is 4.30. The van der Waals surface area contributed by atoms with Crippen molar-refractivity contribution in [3.8, 4) is 0 Å². The zero-order valence-corrected chi connectivity index (χ0v) is 12.5. The molecule has 22 heavy (non-hydrogen) atoms. The van der Waals surface area contributed by atoms with Gasteiger partial charge in [0.2, 0.25) is 0 Å². The van der Waals surface area contributed by atoms with Gasteiger partial charge in [0.25, 0.3) is 5.69 Å². The third-order valence-corrected chi connectivity index (χ3v) is 3.46. The van der Waals surface area contributed by atoms with Crippen LogP contribution >= 0.6 is 0 Å². The summed E-state index contributed by atoms with van der Waals surface area (Å²) in [5.74, 6) is -0.420. The molecule has 2 aromatic rings. The minimum absolute atomic E-state index is 0.00559. The van der Waals surface area contributed by atoms with E-state index >= 15 is 0 Å². The number of benzene rings is 1. The molecule has 1 aromatic carbocycles. The molecule has 0 aliphatic carbocycles. The number of aromatic nitrogens is 1. The number of rotatable bonds is 6. The molecule has 116 valence electrons. The Morgan fingerprint density at radius 2 is 1.91 bits per heavy atom. The van der Waals surface area contributed by atoms with Crippen LogP contribution in [0.25, 0.3) is 0 Å². The van der Waals surface area contributed by atoms with E-state index in [0.29, 0.717) is 17.7 Å². The zero-order chi connectivity index (χ0) is 15.9. The topological polar surface area (TPSA) is 76.3 Å². The number of nitrogens with zero attached hydrogens (tertiary/aromatic N) is 1. The normalized spacial score (nSPS) is 13.4. The summed E-state index contributed by atoms with van der Waals surface area (Å²) < 4.78 is 0.543. The molecule has 5 heteroatoms. The fourth-order valence-electron chi connectivity index (χ4n) is 2.38. The number of hydrogen-bond acceptors (Lipinski definition) is 3. The van der Waals surface area contributed by atoms with E-state index in [1.807, 2.05) is 30.3 Å². The molecule has 1 heterocycles. The summed E-state index contributed by atoms with van der Waals surface area (Å²) in [4.78, 5) is 12.1. The van der Waals surface area contributed by atoms with Gasteiger partial charge >= 0.3 is 5.91 Å². The SMILES string of the molecule is CC(O)CC(CNC(=O)c1cccc[n+]1[O-])c1ccccc1. The molecule has 2 N–H and O–H groups in total. The summed E-state index contributed by atoms with van der Waals surface area (Å²) >= 11 is 0. The molecule has 2 atom stereocenters. The zero-order valence-electron chi connectivity index (χ0n) is 12.5. The predicted molar refractivity (Wildman–Crippen MR) is 83.2 cm³/mol. The van der Waals surface area contributed by atoms with Crippen LogP contribution in [0.1, 0.15) is 35.3 Å². The van der Waals surface area contributed by atoms with E-state index in [1.54, 1.807) is 19.1 Å². The first-order valence-corrected chi connectivity index (χ1v) is 7.27. The Kier molecular flexibility index (Phi) is 5.49. The molecule has 0 aliphatic heterocycles. The number of amides is 1. The Bertz CT molecular complexity index is 614. The van der Waals surface area contributed by atoms with Crippen molar-refractivity contribution >= 4 is 5.91 Å². The van der Waals surface area contributed by atoms with Crippen LogP contribution in [-0.2, 0) is 0 Å². The van der Waals surface area contributed by atoms with Gasteiger partial charge in [0.15, 0.2) is 6.20 Å². The van der Waals surface area contributed by atoms with Crippen molar-refractivity contribution in [2.24, 2.45) is 0 Å². The maximum atomic E-state index is 12.1. The Morgan fingerprint density at radius 1 is 1.23 bits per heavy atom. The van der Waals surface area contributed by atoms with Crippen molar-refractivity contribution in [1.29, 1.82) is 0 Å². The number of nitrogens with one attached hydrogen (secondary N) is 1. The standard InChI is InChI=1S/C17H20N2O3/c1-13(20)11-15(14-7-3-2-4-8-14)12-18-17(21)16-9-5-6-10-19(16)22/h2-10,13,15,20H,11-12H2,1H3,(H,18,21). The average Bonchev–Trinajstić information content (AvgIpc) is 2.52. The average molecular weight is 300 g/mol. The summed E-state index contributed by atoms with van der Waals surface area (Å²) in [6.07, 6.45) is 1.36. The van der Waals surface area contributed by atoms with E-state index in [9.17, 15) is 15.1 Å². The van der Waals surface area contributed by atoms with E-state index in [1.165, 1.54) is 12.3 Å². The molecule has 0 saturated carbocycles. The van der Waals surface area contributed by atoms with Crippen molar-refractivity contribution in [2.75, 3.05) is 6.54 Å². The van der Waals surface area contributed by atoms with Crippen molar-refractivity contribution in [3.63, 3.8) is 0 Å². The smallest absolute Gasteiger partial charge is 0.317 e. The second kappa shape index (κ2) is 7.56.